The SMILES string of the molecule is CCn1ncc(NCc2cccc(O)c2)c1C.Cl. The van der Waals surface area contributed by atoms with Crippen LogP contribution < -0.4 is 5.32 Å². The summed E-state index contributed by atoms with van der Waals surface area (Å²) in [6, 6.07) is 7.25. The monoisotopic (exact) mass is 267 g/mol. The maximum atomic E-state index is 9.36. The molecule has 0 fully saturated rings. The Kier molecular flexibility index (Phi) is 5.04. The average molecular weight is 268 g/mol. The van der Waals surface area contributed by atoms with Crippen molar-refractivity contribution in [3.8, 4) is 5.75 Å². The van der Waals surface area contributed by atoms with E-state index in [9.17, 15) is 5.11 Å². The molecule has 0 radical (unpaired) electrons. The lowest BCUT2D eigenvalue weighted by molar-refractivity contribution is 0.474. The summed E-state index contributed by atoms with van der Waals surface area (Å²) in [7, 11) is 0. The van der Waals surface area contributed by atoms with Crippen LogP contribution in [0.5, 0.6) is 5.75 Å². The molecule has 0 amide bonds. The number of halogens is 1. The summed E-state index contributed by atoms with van der Waals surface area (Å²) in [5.41, 5.74) is 3.22. The fourth-order valence-electron chi connectivity index (χ4n) is 1.80. The van der Waals surface area contributed by atoms with Gasteiger partial charge in [0.2, 0.25) is 0 Å². The normalized spacial score (nSPS) is 9.89. The molecule has 5 heteroatoms. The minimum Gasteiger partial charge on any atom is -0.508 e. The van der Waals surface area contributed by atoms with Crippen molar-refractivity contribution in [3.63, 3.8) is 0 Å². The van der Waals surface area contributed by atoms with Crippen LogP contribution in [-0.4, -0.2) is 14.9 Å². The standard InChI is InChI=1S/C13H17N3O.ClH/c1-3-16-10(2)13(9-15-16)14-8-11-5-4-6-12(17)7-11;/h4-7,9,14,17H,3,8H2,1-2H3;1H. The third-order valence-corrected chi connectivity index (χ3v) is 2.80. The highest BCUT2D eigenvalue weighted by Gasteiger charge is 2.04. The van der Waals surface area contributed by atoms with Crippen molar-refractivity contribution in [2.45, 2.75) is 26.9 Å². The Morgan fingerprint density at radius 1 is 1.39 bits per heavy atom. The van der Waals surface area contributed by atoms with Gasteiger partial charge in [0.05, 0.1) is 17.6 Å². The van der Waals surface area contributed by atoms with Crippen LogP contribution in [0.2, 0.25) is 0 Å². The zero-order valence-corrected chi connectivity index (χ0v) is 11.4. The van der Waals surface area contributed by atoms with Crippen molar-refractivity contribution in [1.29, 1.82) is 0 Å². The van der Waals surface area contributed by atoms with E-state index in [0.29, 0.717) is 12.3 Å². The van der Waals surface area contributed by atoms with Gasteiger partial charge in [-0.15, -0.1) is 12.4 Å². The van der Waals surface area contributed by atoms with E-state index in [1.807, 2.05) is 29.9 Å². The number of anilines is 1. The minimum absolute atomic E-state index is 0. The lowest BCUT2D eigenvalue weighted by Crippen LogP contribution is -2.02. The van der Waals surface area contributed by atoms with Gasteiger partial charge in [0, 0.05) is 13.1 Å². The molecular weight excluding hydrogens is 250 g/mol. The summed E-state index contributed by atoms with van der Waals surface area (Å²) < 4.78 is 1.95. The first-order valence-electron chi connectivity index (χ1n) is 5.75. The highest BCUT2D eigenvalue weighted by atomic mass is 35.5. The van der Waals surface area contributed by atoms with Gasteiger partial charge in [-0.2, -0.15) is 5.10 Å². The highest BCUT2D eigenvalue weighted by Crippen LogP contribution is 2.16. The summed E-state index contributed by atoms with van der Waals surface area (Å²) in [6.07, 6.45) is 1.83. The van der Waals surface area contributed by atoms with Gasteiger partial charge in [0.25, 0.3) is 0 Å². The van der Waals surface area contributed by atoms with Gasteiger partial charge in [0.15, 0.2) is 0 Å². The number of hydrogen-bond donors (Lipinski definition) is 2. The fraction of sp³-hybridized carbons (Fsp3) is 0.308. The lowest BCUT2D eigenvalue weighted by Gasteiger charge is -2.06. The molecule has 0 aliphatic carbocycles. The van der Waals surface area contributed by atoms with Crippen LogP contribution >= 0.6 is 12.4 Å². The summed E-state index contributed by atoms with van der Waals surface area (Å²) in [5, 5.41) is 16.9. The number of aromatic hydroxyl groups is 1. The van der Waals surface area contributed by atoms with Gasteiger partial charge in [0.1, 0.15) is 5.75 Å². The topological polar surface area (TPSA) is 50.1 Å². The molecule has 1 aromatic carbocycles. The molecule has 2 aromatic rings. The minimum atomic E-state index is 0. The Morgan fingerprint density at radius 3 is 2.78 bits per heavy atom. The van der Waals surface area contributed by atoms with E-state index in [1.54, 1.807) is 12.1 Å². The van der Waals surface area contributed by atoms with Crippen molar-refractivity contribution < 1.29 is 5.11 Å². The zero-order chi connectivity index (χ0) is 12.3. The summed E-state index contributed by atoms with van der Waals surface area (Å²) >= 11 is 0. The van der Waals surface area contributed by atoms with E-state index in [4.69, 9.17) is 0 Å². The number of phenols is 1. The quantitative estimate of drug-likeness (QED) is 0.895. The van der Waals surface area contributed by atoms with Crippen LogP contribution in [0.25, 0.3) is 0 Å². The molecule has 0 saturated heterocycles. The number of aryl methyl sites for hydroxylation is 1. The number of phenolic OH excluding ortho intramolecular Hbond substituents is 1. The number of rotatable bonds is 4. The molecular formula is C13H18ClN3O. The fourth-order valence-corrected chi connectivity index (χ4v) is 1.80. The molecule has 4 nitrogen and oxygen atoms in total. The van der Waals surface area contributed by atoms with Crippen molar-refractivity contribution in [3.05, 3.63) is 41.7 Å². The number of nitrogens with one attached hydrogen (secondary N) is 1. The first kappa shape index (κ1) is 14.4. The molecule has 0 saturated carbocycles. The molecule has 0 aliphatic heterocycles. The largest absolute Gasteiger partial charge is 0.508 e. The number of nitrogens with zero attached hydrogens (tertiary/aromatic N) is 2. The Morgan fingerprint density at radius 2 is 2.17 bits per heavy atom. The molecule has 0 aliphatic rings. The molecule has 1 heterocycles. The maximum absolute atomic E-state index is 9.36. The molecule has 1 aromatic heterocycles. The van der Waals surface area contributed by atoms with Crippen molar-refractivity contribution in [2.24, 2.45) is 0 Å². The number of hydrogen-bond acceptors (Lipinski definition) is 3. The van der Waals surface area contributed by atoms with Crippen LogP contribution in [0.3, 0.4) is 0 Å². The molecule has 2 rings (SSSR count). The van der Waals surface area contributed by atoms with E-state index in [-0.39, 0.29) is 12.4 Å². The Hall–Kier alpha value is -1.68. The second-order valence-electron chi connectivity index (χ2n) is 3.98. The number of aromatic nitrogens is 2. The average Bonchev–Trinajstić information content (AvgIpc) is 2.67. The van der Waals surface area contributed by atoms with E-state index >= 15 is 0 Å². The Labute approximate surface area is 113 Å². The van der Waals surface area contributed by atoms with Gasteiger partial charge in [-0.05, 0) is 31.5 Å². The molecule has 0 unspecified atom stereocenters. The molecule has 18 heavy (non-hydrogen) atoms. The maximum Gasteiger partial charge on any atom is 0.115 e. The first-order valence-corrected chi connectivity index (χ1v) is 5.75. The van der Waals surface area contributed by atoms with Crippen molar-refractivity contribution >= 4 is 18.1 Å². The second-order valence-corrected chi connectivity index (χ2v) is 3.98. The Bertz CT molecular complexity index is 511. The van der Waals surface area contributed by atoms with Gasteiger partial charge in [-0.25, -0.2) is 0 Å². The predicted octanol–water partition coefficient (Wildman–Crippen LogP) is 2.95. The zero-order valence-electron chi connectivity index (χ0n) is 10.6. The van der Waals surface area contributed by atoms with Crippen LogP contribution in [-0.2, 0) is 13.1 Å². The van der Waals surface area contributed by atoms with E-state index in [0.717, 1.165) is 23.5 Å². The van der Waals surface area contributed by atoms with Gasteiger partial charge >= 0.3 is 0 Å². The van der Waals surface area contributed by atoms with Crippen molar-refractivity contribution in [2.75, 3.05) is 5.32 Å². The molecule has 0 atom stereocenters. The second kappa shape index (κ2) is 6.31. The molecule has 0 bridgehead atoms. The van der Waals surface area contributed by atoms with E-state index in [2.05, 4.69) is 17.3 Å². The van der Waals surface area contributed by atoms with Crippen LogP contribution in [0.15, 0.2) is 30.5 Å². The van der Waals surface area contributed by atoms with Crippen LogP contribution in [0.4, 0.5) is 5.69 Å². The van der Waals surface area contributed by atoms with Crippen LogP contribution in [0.1, 0.15) is 18.2 Å². The molecule has 98 valence electrons. The van der Waals surface area contributed by atoms with Gasteiger partial charge in [-0.1, -0.05) is 12.1 Å². The summed E-state index contributed by atoms with van der Waals surface area (Å²) in [6.45, 7) is 5.67. The third-order valence-electron chi connectivity index (χ3n) is 2.80. The van der Waals surface area contributed by atoms with Gasteiger partial charge < -0.3 is 10.4 Å². The van der Waals surface area contributed by atoms with Gasteiger partial charge in [-0.3, -0.25) is 4.68 Å². The van der Waals surface area contributed by atoms with Crippen molar-refractivity contribution in [1.82, 2.24) is 9.78 Å². The summed E-state index contributed by atoms with van der Waals surface area (Å²) in [4.78, 5) is 0. The number of benzene rings is 1. The predicted molar refractivity (Wildman–Crippen MR) is 75.3 cm³/mol. The molecule has 0 spiro atoms. The van der Waals surface area contributed by atoms with E-state index < -0.39 is 0 Å². The summed E-state index contributed by atoms with van der Waals surface area (Å²) in [5.74, 6) is 0.297. The first-order chi connectivity index (χ1) is 8.20. The van der Waals surface area contributed by atoms with E-state index in [1.165, 1.54) is 0 Å². The molecule has 2 N–H and O–H groups in total. The third kappa shape index (κ3) is 3.17. The van der Waals surface area contributed by atoms with Crippen LogP contribution in [0, 0.1) is 6.92 Å². The Balaban J connectivity index is 0.00000162. The lowest BCUT2D eigenvalue weighted by atomic mass is 10.2. The highest BCUT2D eigenvalue weighted by molar-refractivity contribution is 5.85. The smallest absolute Gasteiger partial charge is 0.115 e.